The Morgan fingerprint density at radius 1 is 1.33 bits per heavy atom. The number of piperidine rings is 1. The van der Waals surface area contributed by atoms with Crippen LogP contribution in [0.15, 0.2) is 4.52 Å². The van der Waals surface area contributed by atoms with Gasteiger partial charge in [0.25, 0.3) is 0 Å². The fraction of sp³-hybridized carbons (Fsp3) is 0.818. The molecule has 0 aromatic carbocycles. The monoisotopic (exact) mass is 207 g/mol. The quantitative estimate of drug-likeness (QED) is 0.815. The third-order valence-corrected chi connectivity index (χ3v) is 3.31. The van der Waals surface area contributed by atoms with Crippen LogP contribution in [0.5, 0.6) is 0 Å². The molecule has 4 heteroatoms. The maximum atomic E-state index is 5.28. The Bertz CT molecular complexity index is 326. The predicted octanol–water partition coefficient (Wildman–Crippen LogP) is 1.49. The SMILES string of the molecule is C1CNCC(c2noc(CC3CC3)n2)C1. The molecule has 0 spiro atoms. The predicted molar refractivity (Wildman–Crippen MR) is 55.6 cm³/mol. The zero-order valence-electron chi connectivity index (χ0n) is 8.91. The second kappa shape index (κ2) is 3.93. The molecule has 82 valence electrons. The van der Waals surface area contributed by atoms with Crippen molar-refractivity contribution in [2.24, 2.45) is 5.92 Å². The van der Waals surface area contributed by atoms with Crippen LogP contribution >= 0.6 is 0 Å². The van der Waals surface area contributed by atoms with Crippen LogP contribution in [0.25, 0.3) is 0 Å². The van der Waals surface area contributed by atoms with E-state index < -0.39 is 0 Å². The first-order chi connectivity index (χ1) is 7.42. The Balaban J connectivity index is 1.65. The smallest absolute Gasteiger partial charge is 0.226 e. The molecule has 1 aliphatic heterocycles. The second-order valence-corrected chi connectivity index (χ2v) is 4.74. The molecule has 1 aliphatic carbocycles. The molecule has 1 aromatic heterocycles. The van der Waals surface area contributed by atoms with Gasteiger partial charge in [0, 0.05) is 18.9 Å². The van der Waals surface area contributed by atoms with Crippen molar-refractivity contribution >= 4 is 0 Å². The van der Waals surface area contributed by atoms with Gasteiger partial charge in [-0.1, -0.05) is 5.16 Å². The molecular weight excluding hydrogens is 190 g/mol. The highest BCUT2D eigenvalue weighted by Crippen LogP contribution is 2.32. The fourth-order valence-electron chi connectivity index (χ4n) is 2.16. The van der Waals surface area contributed by atoms with Gasteiger partial charge in [-0.15, -0.1) is 0 Å². The van der Waals surface area contributed by atoms with E-state index in [1.54, 1.807) is 0 Å². The molecule has 2 heterocycles. The number of hydrogen-bond acceptors (Lipinski definition) is 4. The highest BCUT2D eigenvalue weighted by atomic mass is 16.5. The summed E-state index contributed by atoms with van der Waals surface area (Å²) in [6, 6.07) is 0. The molecule has 1 atom stereocenters. The first kappa shape index (κ1) is 9.33. The minimum atomic E-state index is 0.468. The van der Waals surface area contributed by atoms with Crippen molar-refractivity contribution in [1.29, 1.82) is 0 Å². The van der Waals surface area contributed by atoms with Crippen molar-refractivity contribution in [2.75, 3.05) is 13.1 Å². The summed E-state index contributed by atoms with van der Waals surface area (Å²) in [4.78, 5) is 4.50. The van der Waals surface area contributed by atoms with Gasteiger partial charge in [-0.05, 0) is 38.1 Å². The Morgan fingerprint density at radius 3 is 3.00 bits per heavy atom. The van der Waals surface area contributed by atoms with E-state index in [1.165, 1.54) is 25.7 Å². The average molecular weight is 207 g/mol. The van der Waals surface area contributed by atoms with Gasteiger partial charge < -0.3 is 9.84 Å². The fourth-order valence-corrected chi connectivity index (χ4v) is 2.16. The Morgan fingerprint density at radius 2 is 2.27 bits per heavy atom. The maximum Gasteiger partial charge on any atom is 0.226 e. The summed E-state index contributed by atoms with van der Waals surface area (Å²) >= 11 is 0. The number of aromatic nitrogens is 2. The van der Waals surface area contributed by atoms with Crippen molar-refractivity contribution in [1.82, 2.24) is 15.5 Å². The van der Waals surface area contributed by atoms with Crippen LogP contribution in [0.4, 0.5) is 0 Å². The normalized spacial score (nSPS) is 26.8. The summed E-state index contributed by atoms with van der Waals surface area (Å²) in [7, 11) is 0. The molecule has 0 bridgehead atoms. The van der Waals surface area contributed by atoms with Gasteiger partial charge in [-0.3, -0.25) is 0 Å². The summed E-state index contributed by atoms with van der Waals surface area (Å²) in [5, 5.41) is 7.47. The zero-order chi connectivity index (χ0) is 10.1. The lowest BCUT2D eigenvalue weighted by molar-refractivity contribution is 0.357. The van der Waals surface area contributed by atoms with Gasteiger partial charge in [0.2, 0.25) is 5.89 Å². The van der Waals surface area contributed by atoms with Gasteiger partial charge in [0.05, 0.1) is 0 Å². The van der Waals surface area contributed by atoms with E-state index in [0.29, 0.717) is 5.92 Å². The van der Waals surface area contributed by atoms with Crippen molar-refractivity contribution in [3.05, 3.63) is 11.7 Å². The molecule has 15 heavy (non-hydrogen) atoms. The lowest BCUT2D eigenvalue weighted by Crippen LogP contribution is -2.28. The molecule has 0 radical (unpaired) electrons. The van der Waals surface area contributed by atoms with Gasteiger partial charge in [0.15, 0.2) is 5.82 Å². The van der Waals surface area contributed by atoms with Crippen LogP contribution in [-0.4, -0.2) is 23.2 Å². The van der Waals surface area contributed by atoms with Crippen LogP contribution in [-0.2, 0) is 6.42 Å². The number of rotatable bonds is 3. The number of hydrogen-bond donors (Lipinski definition) is 1. The molecule has 2 aliphatic rings. The van der Waals surface area contributed by atoms with Crippen LogP contribution in [0.3, 0.4) is 0 Å². The Hall–Kier alpha value is -0.900. The van der Waals surface area contributed by atoms with Gasteiger partial charge >= 0.3 is 0 Å². The molecular formula is C11H17N3O. The summed E-state index contributed by atoms with van der Waals surface area (Å²) in [5.74, 6) is 3.05. The van der Waals surface area contributed by atoms with E-state index in [9.17, 15) is 0 Å². The number of nitrogens with zero attached hydrogens (tertiary/aromatic N) is 2. The Kier molecular flexibility index (Phi) is 2.44. The highest BCUT2D eigenvalue weighted by Gasteiger charge is 2.26. The first-order valence-electron chi connectivity index (χ1n) is 5.95. The van der Waals surface area contributed by atoms with E-state index in [4.69, 9.17) is 4.52 Å². The summed E-state index contributed by atoms with van der Waals surface area (Å²) < 4.78 is 5.28. The molecule has 1 N–H and O–H groups in total. The largest absolute Gasteiger partial charge is 0.339 e. The maximum absolute atomic E-state index is 5.28. The molecule has 4 nitrogen and oxygen atoms in total. The lowest BCUT2D eigenvalue weighted by atomic mass is 9.99. The Labute approximate surface area is 89.4 Å². The molecule has 1 saturated heterocycles. The van der Waals surface area contributed by atoms with E-state index in [1.807, 2.05) is 0 Å². The molecule has 1 aromatic rings. The van der Waals surface area contributed by atoms with Crippen LogP contribution < -0.4 is 5.32 Å². The van der Waals surface area contributed by atoms with Crippen molar-refractivity contribution < 1.29 is 4.52 Å². The van der Waals surface area contributed by atoms with Gasteiger partial charge in [0.1, 0.15) is 0 Å². The average Bonchev–Trinajstić information content (AvgIpc) is 2.96. The first-order valence-corrected chi connectivity index (χ1v) is 5.95. The zero-order valence-corrected chi connectivity index (χ0v) is 8.91. The van der Waals surface area contributed by atoms with Crippen LogP contribution in [0.1, 0.15) is 43.3 Å². The highest BCUT2D eigenvalue weighted by molar-refractivity contribution is 4.99. The summed E-state index contributed by atoms with van der Waals surface area (Å²) in [6.45, 7) is 2.13. The van der Waals surface area contributed by atoms with E-state index in [2.05, 4.69) is 15.5 Å². The minimum absolute atomic E-state index is 0.468. The topological polar surface area (TPSA) is 51.0 Å². The molecule has 1 saturated carbocycles. The third-order valence-electron chi connectivity index (χ3n) is 3.31. The van der Waals surface area contributed by atoms with E-state index in [-0.39, 0.29) is 0 Å². The van der Waals surface area contributed by atoms with Gasteiger partial charge in [-0.2, -0.15) is 4.98 Å². The molecule has 1 unspecified atom stereocenters. The molecule has 3 rings (SSSR count). The lowest BCUT2D eigenvalue weighted by Gasteiger charge is -2.19. The van der Waals surface area contributed by atoms with Crippen molar-refractivity contribution in [3.8, 4) is 0 Å². The molecule has 0 amide bonds. The van der Waals surface area contributed by atoms with E-state index in [0.717, 1.165) is 37.1 Å². The van der Waals surface area contributed by atoms with Crippen molar-refractivity contribution in [2.45, 2.75) is 38.0 Å². The van der Waals surface area contributed by atoms with Crippen LogP contribution in [0.2, 0.25) is 0 Å². The second-order valence-electron chi connectivity index (χ2n) is 4.74. The van der Waals surface area contributed by atoms with Crippen molar-refractivity contribution in [3.63, 3.8) is 0 Å². The van der Waals surface area contributed by atoms with Crippen LogP contribution in [0, 0.1) is 5.92 Å². The minimum Gasteiger partial charge on any atom is -0.339 e. The standard InChI is InChI=1S/C11H17N3O/c1-2-9(7-12-5-1)11-13-10(15-14-11)6-8-3-4-8/h8-9,12H,1-7H2. The summed E-state index contributed by atoms with van der Waals surface area (Å²) in [5.41, 5.74) is 0. The molecule has 2 fully saturated rings. The summed E-state index contributed by atoms with van der Waals surface area (Å²) in [6.07, 6.45) is 6.07. The van der Waals surface area contributed by atoms with E-state index >= 15 is 0 Å². The number of nitrogens with one attached hydrogen (secondary N) is 1. The third kappa shape index (κ3) is 2.20. The van der Waals surface area contributed by atoms with Gasteiger partial charge in [-0.25, -0.2) is 0 Å².